The van der Waals surface area contributed by atoms with Crippen LogP contribution in [0.3, 0.4) is 0 Å². The Bertz CT molecular complexity index is 795. The summed E-state index contributed by atoms with van der Waals surface area (Å²) in [6.07, 6.45) is -3.23. The van der Waals surface area contributed by atoms with Gasteiger partial charge >= 0.3 is 22.1 Å². The molecule has 0 aliphatic carbocycles. The van der Waals surface area contributed by atoms with Crippen LogP contribution in [-0.4, -0.2) is 74.9 Å². The van der Waals surface area contributed by atoms with Gasteiger partial charge in [-0.3, -0.25) is 23.5 Å². The summed E-state index contributed by atoms with van der Waals surface area (Å²) in [4.78, 5) is 41.0. The van der Waals surface area contributed by atoms with Crippen molar-refractivity contribution in [3.63, 3.8) is 0 Å². The van der Waals surface area contributed by atoms with Gasteiger partial charge in [0.2, 0.25) is 11.8 Å². The zero-order chi connectivity index (χ0) is 19.1. The van der Waals surface area contributed by atoms with Crippen LogP contribution in [0.1, 0.15) is 19.3 Å². The molecule has 0 radical (unpaired) electrons. The van der Waals surface area contributed by atoms with Crippen molar-refractivity contribution in [2.75, 3.05) is 0 Å². The van der Waals surface area contributed by atoms with E-state index < -0.39 is 78.3 Å². The third kappa shape index (κ3) is 3.10. The van der Waals surface area contributed by atoms with Gasteiger partial charge in [-0.1, -0.05) is 0 Å². The number of imide groups is 1. The fourth-order valence-electron chi connectivity index (χ4n) is 2.32. The molecule has 1 rings (SSSR count). The van der Waals surface area contributed by atoms with Crippen molar-refractivity contribution in [1.29, 1.82) is 0 Å². The van der Waals surface area contributed by atoms with Crippen molar-refractivity contribution in [2.24, 2.45) is 0 Å². The lowest BCUT2D eigenvalue weighted by molar-refractivity contribution is -0.158. The number of aliphatic carboxylic acids is 2. The zero-order valence-corrected chi connectivity index (χ0v) is 13.2. The van der Waals surface area contributed by atoms with Crippen LogP contribution in [0.4, 0.5) is 0 Å². The third-order valence-electron chi connectivity index (χ3n) is 3.24. The molecular formula is C9H11NO12S2. The van der Waals surface area contributed by atoms with Crippen LogP contribution in [0.15, 0.2) is 0 Å². The highest BCUT2D eigenvalue weighted by molar-refractivity contribution is 7.91. The summed E-state index contributed by atoms with van der Waals surface area (Å²) in [5.41, 5.74) is 0. The maximum Gasteiger partial charge on any atom is 0.350 e. The summed E-state index contributed by atoms with van der Waals surface area (Å²) >= 11 is 0. The first-order chi connectivity index (χ1) is 10.7. The lowest BCUT2D eigenvalue weighted by atomic mass is 10.1. The highest BCUT2D eigenvalue weighted by atomic mass is 32.2. The minimum atomic E-state index is -6.12. The van der Waals surface area contributed by atoms with Gasteiger partial charge in [0.05, 0.1) is 6.42 Å². The van der Waals surface area contributed by atoms with E-state index in [9.17, 15) is 45.7 Å². The van der Waals surface area contributed by atoms with Gasteiger partial charge in [-0.2, -0.15) is 16.8 Å². The van der Waals surface area contributed by atoms with E-state index in [0.29, 0.717) is 0 Å². The molecule has 0 bridgehead atoms. The lowest BCUT2D eigenvalue weighted by Crippen LogP contribution is -2.69. The molecule has 0 saturated carbocycles. The number of hydrogen-bond acceptors (Lipinski definition) is 8. The van der Waals surface area contributed by atoms with Crippen LogP contribution in [0, 0.1) is 0 Å². The van der Waals surface area contributed by atoms with Crippen LogP contribution in [0.5, 0.6) is 0 Å². The first-order valence-electron chi connectivity index (χ1n) is 5.91. The van der Waals surface area contributed by atoms with Crippen molar-refractivity contribution >= 4 is 44.0 Å². The van der Waals surface area contributed by atoms with Gasteiger partial charge < -0.3 is 10.2 Å². The Labute approximate surface area is 134 Å². The van der Waals surface area contributed by atoms with Crippen LogP contribution in [0.25, 0.3) is 0 Å². The number of rotatable bonds is 7. The Morgan fingerprint density at radius 1 is 1.04 bits per heavy atom. The predicted molar refractivity (Wildman–Crippen MR) is 70.6 cm³/mol. The van der Waals surface area contributed by atoms with E-state index in [0.717, 1.165) is 0 Å². The van der Waals surface area contributed by atoms with Crippen LogP contribution < -0.4 is 0 Å². The summed E-state index contributed by atoms with van der Waals surface area (Å²) in [7, 11) is -11.9. The van der Waals surface area contributed by atoms with E-state index in [4.69, 9.17) is 9.66 Å². The highest BCUT2D eigenvalue weighted by Crippen LogP contribution is 2.36. The fourth-order valence-corrected chi connectivity index (χ4v) is 5.08. The maximum absolute atomic E-state index is 11.7. The van der Waals surface area contributed by atoms with Crippen molar-refractivity contribution in [1.82, 2.24) is 4.90 Å². The Morgan fingerprint density at radius 2 is 1.46 bits per heavy atom. The number of carbonyl (C=O) groups excluding carboxylic acids is 2. The molecule has 136 valence electrons. The molecule has 4 N–H and O–H groups in total. The molecular weight excluding hydrogens is 378 g/mol. The Hall–Kier alpha value is -2.10. The molecule has 0 aromatic carbocycles. The molecule has 13 nitrogen and oxygen atoms in total. The van der Waals surface area contributed by atoms with Gasteiger partial charge in [0.1, 0.15) is 5.25 Å². The minimum absolute atomic E-state index is 0.550. The molecule has 2 unspecified atom stereocenters. The Morgan fingerprint density at radius 3 is 1.71 bits per heavy atom. The number of hydrogen-bond donors (Lipinski definition) is 4. The summed E-state index contributed by atoms with van der Waals surface area (Å²) in [5.74, 6) is -7.75. The number of amides is 2. The number of carbonyl (C=O) groups is 4. The molecule has 1 fully saturated rings. The van der Waals surface area contributed by atoms with Gasteiger partial charge in [-0.25, -0.2) is 9.69 Å². The molecule has 1 aliphatic rings. The third-order valence-corrected chi connectivity index (χ3v) is 6.04. The predicted octanol–water partition coefficient (Wildman–Crippen LogP) is -2.46. The number of carboxylic acids is 2. The average Bonchev–Trinajstić information content (AvgIpc) is 2.67. The molecule has 1 saturated heterocycles. The molecule has 0 aromatic heterocycles. The second kappa shape index (κ2) is 6.08. The number of likely N-dealkylation sites (tertiary alicyclic amines) is 1. The second-order valence-electron chi connectivity index (χ2n) is 4.70. The quantitative estimate of drug-likeness (QED) is 0.263. The molecule has 1 aliphatic heterocycles. The summed E-state index contributed by atoms with van der Waals surface area (Å²) in [6.45, 7) is 0. The molecule has 0 aromatic rings. The average molecular weight is 389 g/mol. The van der Waals surface area contributed by atoms with E-state index in [-0.39, 0.29) is 0 Å². The molecule has 2 amide bonds. The largest absolute Gasteiger partial charge is 0.481 e. The van der Waals surface area contributed by atoms with E-state index in [1.54, 1.807) is 0 Å². The highest BCUT2D eigenvalue weighted by Gasteiger charge is 2.69. The monoisotopic (exact) mass is 389 g/mol. The minimum Gasteiger partial charge on any atom is -0.481 e. The van der Waals surface area contributed by atoms with Gasteiger partial charge in [-0.15, -0.1) is 0 Å². The van der Waals surface area contributed by atoms with Crippen LogP contribution in [0.2, 0.25) is 0 Å². The number of carboxylic acid groups (broad SMARTS) is 2. The molecule has 2 atom stereocenters. The first-order valence-corrected chi connectivity index (χ1v) is 8.86. The SMILES string of the molecule is O=C(O)CC(C(C(=O)O)(N1C(=O)CCC1=O)S(=O)(=O)O)S(=O)(=O)O. The van der Waals surface area contributed by atoms with Crippen LogP contribution in [-0.2, 0) is 39.4 Å². The topological polar surface area (TPSA) is 221 Å². The summed E-state index contributed by atoms with van der Waals surface area (Å²) < 4.78 is 64.7. The van der Waals surface area contributed by atoms with E-state index in [2.05, 4.69) is 0 Å². The van der Waals surface area contributed by atoms with Gasteiger partial charge in [0, 0.05) is 12.8 Å². The zero-order valence-electron chi connectivity index (χ0n) is 11.5. The van der Waals surface area contributed by atoms with Crippen molar-refractivity contribution in [3.8, 4) is 0 Å². The van der Waals surface area contributed by atoms with E-state index >= 15 is 0 Å². The molecule has 24 heavy (non-hydrogen) atoms. The van der Waals surface area contributed by atoms with Gasteiger partial charge in [0.15, 0.2) is 0 Å². The van der Waals surface area contributed by atoms with Gasteiger partial charge in [0.25, 0.3) is 15.0 Å². The molecule has 0 spiro atoms. The Kier molecular flexibility index (Phi) is 5.05. The molecule has 15 heteroatoms. The normalized spacial score (nSPS) is 19.8. The molecule has 1 heterocycles. The standard InChI is InChI=1S/C9H11NO12S2/c11-5-1-2-6(12)10(5)9(8(15)16,24(20,21)22)4(3-7(13)14)23(17,18)19/h4H,1-3H2,(H,13,14)(H,15,16)(H,17,18,19)(H,20,21,22). The fraction of sp³-hybridized carbons (Fsp3) is 0.556. The summed E-state index contributed by atoms with van der Waals surface area (Å²) in [6, 6.07) is 0. The smallest absolute Gasteiger partial charge is 0.350 e. The van der Waals surface area contributed by atoms with E-state index in [1.807, 2.05) is 0 Å². The Balaban J connectivity index is 3.95. The van der Waals surface area contributed by atoms with Gasteiger partial charge in [-0.05, 0) is 0 Å². The van der Waals surface area contributed by atoms with Crippen molar-refractivity contribution < 1.29 is 55.3 Å². The first kappa shape index (κ1) is 19.9. The second-order valence-corrected chi connectivity index (χ2v) is 7.87. The van der Waals surface area contributed by atoms with Crippen molar-refractivity contribution in [3.05, 3.63) is 0 Å². The lowest BCUT2D eigenvalue weighted by Gasteiger charge is -2.37. The summed E-state index contributed by atoms with van der Waals surface area (Å²) in [5, 5.41) is 14.7. The number of nitrogens with zero attached hydrogens (tertiary/aromatic N) is 1. The van der Waals surface area contributed by atoms with E-state index in [1.165, 1.54) is 0 Å². The maximum atomic E-state index is 11.7. The van der Waals surface area contributed by atoms with Crippen molar-refractivity contribution in [2.45, 2.75) is 29.4 Å². The van der Waals surface area contributed by atoms with Crippen LogP contribution >= 0.6 is 0 Å².